The molecule has 2 aliphatic rings. The van der Waals surface area contributed by atoms with Crippen molar-refractivity contribution in [2.75, 3.05) is 27.3 Å². The number of ether oxygens (including phenoxy) is 2. The van der Waals surface area contributed by atoms with Gasteiger partial charge in [-0.15, -0.1) is 11.8 Å². The van der Waals surface area contributed by atoms with E-state index >= 15 is 0 Å². The van der Waals surface area contributed by atoms with Gasteiger partial charge < -0.3 is 24.7 Å². The molecular formula is C30H35N3O4S. The maximum Gasteiger partial charge on any atom is 0.260 e. The minimum absolute atomic E-state index is 0.00416. The number of methoxy groups -OCH3 is 1. The van der Waals surface area contributed by atoms with Crippen molar-refractivity contribution in [2.45, 2.75) is 43.9 Å². The Bertz CT molecular complexity index is 1350. The summed E-state index contributed by atoms with van der Waals surface area (Å²) in [6.07, 6.45) is 7.17. The predicted molar refractivity (Wildman–Crippen MR) is 152 cm³/mol. The molecule has 7 nitrogen and oxygen atoms in total. The lowest BCUT2D eigenvalue weighted by atomic mass is 9.83. The number of hydrogen-bond acceptors (Lipinski definition) is 5. The molecule has 5 rings (SSSR count). The molecule has 2 amide bonds. The first-order chi connectivity index (χ1) is 18.5. The summed E-state index contributed by atoms with van der Waals surface area (Å²) in [6, 6.07) is 14.0. The maximum absolute atomic E-state index is 13.3. The number of aromatic nitrogens is 1. The molecule has 1 aliphatic carbocycles. The average Bonchev–Trinajstić information content (AvgIpc) is 3.35. The normalized spacial score (nSPS) is 22.4. The molecule has 3 unspecified atom stereocenters. The molecule has 0 spiro atoms. The second kappa shape index (κ2) is 11.6. The summed E-state index contributed by atoms with van der Waals surface area (Å²) < 4.78 is 11.1. The van der Waals surface area contributed by atoms with Crippen LogP contribution in [0.4, 0.5) is 0 Å². The Labute approximate surface area is 228 Å². The number of para-hydroxylation sites is 1. The monoisotopic (exact) mass is 533 g/mol. The van der Waals surface area contributed by atoms with Crippen LogP contribution >= 0.6 is 11.8 Å². The summed E-state index contributed by atoms with van der Waals surface area (Å²) in [5.74, 6) is 1.37. The van der Waals surface area contributed by atoms with Crippen LogP contribution < -0.4 is 14.8 Å². The van der Waals surface area contributed by atoms with Crippen LogP contribution in [-0.2, 0) is 16.0 Å². The summed E-state index contributed by atoms with van der Waals surface area (Å²) >= 11 is 1.64. The Balaban J connectivity index is 1.19. The first-order valence-electron chi connectivity index (χ1n) is 13.3. The van der Waals surface area contributed by atoms with Crippen LogP contribution in [-0.4, -0.2) is 60.3 Å². The van der Waals surface area contributed by atoms with Crippen molar-refractivity contribution in [1.29, 1.82) is 0 Å². The van der Waals surface area contributed by atoms with E-state index in [9.17, 15) is 9.59 Å². The molecule has 1 saturated carbocycles. The zero-order chi connectivity index (χ0) is 26.6. The SMILES string of the molecule is CCOc1ccc(/C=C2/SC3CCC(C(=O)NCCc4c[nH]c5ccccc45)CC3N(C)C2=O)cc1OC. The number of likely N-dealkylation sites (N-methyl/N-ethyl adjacent to an activating group) is 1. The second-order valence-electron chi connectivity index (χ2n) is 9.90. The third-order valence-electron chi connectivity index (χ3n) is 7.59. The largest absolute Gasteiger partial charge is 0.493 e. The van der Waals surface area contributed by atoms with E-state index in [1.807, 2.05) is 61.5 Å². The van der Waals surface area contributed by atoms with Gasteiger partial charge in [0.05, 0.1) is 18.6 Å². The topological polar surface area (TPSA) is 83.7 Å². The van der Waals surface area contributed by atoms with Crippen molar-refractivity contribution in [2.24, 2.45) is 5.92 Å². The Morgan fingerprint density at radius 2 is 2.05 bits per heavy atom. The summed E-state index contributed by atoms with van der Waals surface area (Å²) in [4.78, 5) is 32.2. The van der Waals surface area contributed by atoms with E-state index in [1.165, 1.54) is 10.9 Å². The molecule has 3 atom stereocenters. The van der Waals surface area contributed by atoms with Gasteiger partial charge in [-0.2, -0.15) is 0 Å². The highest BCUT2D eigenvalue weighted by molar-refractivity contribution is 8.04. The predicted octanol–water partition coefficient (Wildman–Crippen LogP) is 5.02. The molecule has 1 aromatic heterocycles. The van der Waals surface area contributed by atoms with Crippen LogP contribution in [0.1, 0.15) is 37.3 Å². The van der Waals surface area contributed by atoms with Gasteiger partial charge in [0.25, 0.3) is 5.91 Å². The molecule has 200 valence electrons. The lowest BCUT2D eigenvalue weighted by Crippen LogP contribution is -2.52. The van der Waals surface area contributed by atoms with Crippen LogP contribution in [0, 0.1) is 5.92 Å². The van der Waals surface area contributed by atoms with Gasteiger partial charge in [-0.1, -0.05) is 24.3 Å². The van der Waals surface area contributed by atoms with Crippen LogP contribution in [0.25, 0.3) is 17.0 Å². The number of hydrogen-bond donors (Lipinski definition) is 2. The molecule has 1 saturated heterocycles. The fourth-order valence-electron chi connectivity index (χ4n) is 5.54. The van der Waals surface area contributed by atoms with Crippen LogP contribution in [0.3, 0.4) is 0 Å². The van der Waals surface area contributed by atoms with Crippen molar-refractivity contribution in [3.05, 3.63) is 64.7 Å². The van der Waals surface area contributed by atoms with E-state index in [-0.39, 0.29) is 29.0 Å². The summed E-state index contributed by atoms with van der Waals surface area (Å²) in [6.45, 7) is 3.10. The molecule has 1 aliphatic heterocycles. The number of thioether (sulfide) groups is 1. The van der Waals surface area contributed by atoms with E-state index in [1.54, 1.807) is 18.9 Å². The van der Waals surface area contributed by atoms with Crippen molar-refractivity contribution in [3.63, 3.8) is 0 Å². The highest BCUT2D eigenvalue weighted by Crippen LogP contribution is 2.43. The van der Waals surface area contributed by atoms with Gasteiger partial charge in [0.1, 0.15) is 0 Å². The second-order valence-corrected chi connectivity index (χ2v) is 11.2. The van der Waals surface area contributed by atoms with E-state index < -0.39 is 0 Å². The van der Waals surface area contributed by atoms with Crippen molar-refractivity contribution >= 4 is 40.6 Å². The van der Waals surface area contributed by atoms with Crippen molar-refractivity contribution in [1.82, 2.24) is 15.2 Å². The number of carbonyl (C=O) groups excluding carboxylic acids is 2. The molecule has 2 aromatic carbocycles. The van der Waals surface area contributed by atoms with Crippen LogP contribution in [0.2, 0.25) is 0 Å². The molecular weight excluding hydrogens is 498 g/mol. The van der Waals surface area contributed by atoms with E-state index in [2.05, 4.69) is 22.4 Å². The van der Waals surface area contributed by atoms with Crippen LogP contribution in [0.15, 0.2) is 53.6 Å². The zero-order valence-electron chi connectivity index (χ0n) is 22.2. The van der Waals surface area contributed by atoms with Gasteiger partial charge in [0, 0.05) is 47.9 Å². The number of nitrogens with zero attached hydrogens (tertiary/aromatic N) is 1. The molecule has 2 heterocycles. The minimum Gasteiger partial charge on any atom is -0.493 e. The third kappa shape index (κ3) is 5.41. The average molecular weight is 534 g/mol. The van der Waals surface area contributed by atoms with Gasteiger partial charge in [0.15, 0.2) is 11.5 Å². The molecule has 2 N–H and O–H groups in total. The van der Waals surface area contributed by atoms with Crippen molar-refractivity contribution in [3.8, 4) is 11.5 Å². The van der Waals surface area contributed by atoms with Gasteiger partial charge in [0.2, 0.25) is 5.91 Å². The summed E-state index contributed by atoms with van der Waals surface area (Å²) in [5.41, 5.74) is 3.23. The summed E-state index contributed by atoms with van der Waals surface area (Å²) in [7, 11) is 3.48. The number of rotatable bonds is 8. The number of nitrogens with one attached hydrogen (secondary N) is 2. The summed E-state index contributed by atoms with van der Waals surface area (Å²) in [5, 5.41) is 4.63. The first-order valence-corrected chi connectivity index (χ1v) is 14.2. The fraction of sp³-hybridized carbons (Fsp3) is 0.400. The molecule has 2 fully saturated rings. The Hall–Kier alpha value is -3.39. The molecule has 38 heavy (non-hydrogen) atoms. The maximum atomic E-state index is 13.3. The number of H-pyrrole nitrogens is 1. The number of amides is 2. The zero-order valence-corrected chi connectivity index (χ0v) is 23.0. The minimum atomic E-state index is -0.0732. The molecule has 0 radical (unpaired) electrons. The van der Waals surface area contributed by atoms with Gasteiger partial charge in [-0.25, -0.2) is 0 Å². The lowest BCUT2D eigenvalue weighted by molar-refractivity contribution is -0.131. The number of aromatic amines is 1. The third-order valence-corrected chi connectivity index (χ3v) is 8.99. The number of fused-ring (bicyclic) bond motifs is 2. The van der Waals surface area contributed by atoms with Gasteiger partial charge in [-0.05, 0) is 68.0 Å². The Morgan fingerprint density at radius 3 is 2.87 bits per heavy atom. The number of carbonyl (C=O) groups is 2. The van der Waals surface area contributed by atoms with Gasteiger partial charge >= 0.3 is 0 Å². The molecule has 8 heteroatoms. The fourth-order valence-corrected chi connectivity index (χ4v) is 7.02. The first kappa shape index (κ1) is 26.2. The highest BCUT2D eigenvalue weighted by atomic mass is 32.2. The number of benzene rings is 2. The van der Waals surface area contributed by atoms with E-state index in [0.717, 1.165) is 35.2 Å². The quantitative estimate of drug-likeness (QED) is 0.398. The van der Waals surface area contributed by atoms with Gasteiger partial charge in [-0.3, -0.25) is 9.59 Å². The lowest BCUT2D eigenvalue weighted by Gasteiger charge is -2.44. The van der Waals surface area contributed by atoms with Crippen LogP contribution in [0.5, 0.6) is 11.5 Å². The van der Waals surface area contributed by atoms with E-state index in [4.69, 9.17) is 9.47 Å². The molecule has 0 bridgehead atoms. The molecule has 3 aromatic rings. The van der Waals surface area contributed by atoms with E-state index in [0.29, 0.717) is 31.1 Å². The standard InChI is InChI=1S/C30H35N3O4S/c1-4-37-25-11-9-19(15-26(25)36-3)16-28-30(35)33(2)24-17-20(10-12-27(24)38-28)29(34)31-14-13-21-18-32-23-8-6-5-7-22(21)23/h5-9,11,15-16,18,20,24,27,32H,4,10,12-14,17H2,1-3H3,(H,31,34)/b28-16+. The van der Waals surface area contributed by atoms with Crippen molar-refractivity contribution < 1.29 is 19.1 Å². The smallest absolute Gasteiger partial charge is 0.260 e. The highest BCUT2D eigenvalue weighted by Gasteiger charge is 2.42. The Morgan fingerprint density at radius 1 is 1.21 bits per heavy atom. The Kier molecular flexibility index (Phi) is 7.98.